The van der Waals surface area contributed by atoms with Crippen LogP contribution in [-0.2, 0) is 22.4 Å². The summed E-state index contributed by atoms with van der Waals surface area (Å²) in [6, 6.07) is 12.2. The monoisotopic (exact) mass is 462 g/mol. The smallest absolute Gasteiger partial charge is 0.342 e. The van der Waals surface area contributed by atoms with Gasteiger partial charge in [-0.15, -0.1) is 0 Å². The molecule has 2 heterocycles. The number of halogens is 1. The Morgan fingerprint density at radius 3 is 2.50 bits per heavy atom. The van der Waals surface area contributed by atoms with Gasteiger partial charge in [-0.25, -0.2) is 18.9 Å². The summed E-state index contributed by atoms with van der Waals surface area (Å²) in [7, 11) is 0. The van der Waals surface area contributed by atoms with Crippen molar-refractivity contribution in [2.75, 3.05) is 13.1 Å². The van der Waals surface area contributed by atoms with E-state index in [1.165, 1.54) is 10.6 Å². The highest BCUT2D eigenvalue weighted by Gasteiger charge is 2.37. The van der Waals surface area contributed by atoms with Crippen LogP contribution in [0.4, 0.5) is 4.39 Å². The molecule has 0 radical (unpaired) electrons. The second-order valence-corrected chi connectivity index (χ2v) is 9.44. The number of amides is 1. The van der Waals surface area contributed by atoms with Gasteiger partial charge in [0.05, 0.1) is 5.69 Å². The van der Waals surface area contributed by atoms with Crippen molar-refractivity contribution in [1.29, 1.82) is 0 Å². The number of nitrogens with zero attached hydrogens (tertiary/aromatic N) is 3. The Morgan fingerprint density at radius 2 is 1.82 bits per heavy atom. The SMILES string of the molecule is CC(=O)Cc1ccc(-c2ccc(-n3c(C[C@@H]4CCN(C(=O)C5CC5)C4)n[nH]c3=O)c(F)c2)cc1. The molecule has 1 aliphatic heterocycles. The van der Waals surface area contributed by atoms with Gasteiger partial charge in [0.1, 0.15) is 17.4 Å². The van der Waals surface area contributed by atoms with E-state index in [9.17, 15) is 14.4 Å². The lowest BCUT2D eigenvalue weighted by Gasteiger charge is -2.16. The van der Waals surface area contributed by atoms with Gasteiger partial charge in [-0.05, 0) is 60.9 Å². The van der Waals surface area contributed by atoms with E-state index in [1.807, 2.05) is 29.2 Å². The molecule has 5 rings (SSSR count). The summed E-state index contributed by atoms with van der Waals surface area (Å²) in [6.45, 7) is 2.92. The van der Waals surface area contributed by atoms with Gasteiger partial charge in [-0.1, -0.05) is 30.3 Å². The Balaban J connectivity index is 1.34. The summed E-state index contributed by atoms with van der Waals surface area (Å²) in [5.41, 5.74) is 2.07. The number of carbonyl (C=O) groups excluding carboxylic acids is 2. The molecule has 2 fully saturated rings. The maximum absolute atomic E-state index is 15.2. The fourth-order valence-electron chi connectivity index (χ4n) is 4.73. The molecule has 1 N–H and O–H groups in total. The highest BCUT2D eigenvalue weighted by Crippen LogP contribution is 2.33. The molecule has 7 nitrogen and oxygen atoms in total. The quantitative estimate of drug-likeness (QED) is 0.584. The highest BCUT2D eigenvalue weighted by atomic mass is 19.1. The van der Waals surface area contributed by atoms with Crippen LogP contribution in [-0.4, -0.2) is 44.4 Å². The minimum absolute atomic E-state index is 0.0873. The molecule has 0 spiro atoms. The first kappa shape index (κ1) is 22.3. The van der Waals surface area contributed by atoms with E-state index >= 15 is 4.39 Å². The van der Waals surface area contributed by atoms with E-state index in [4.69, 9.17) is 0 Å². The van der Waals surface area contributed by atoms with Crippen LogP contribution < -0.4 is 5.69 Å². The molecular weight excluding hydrogens is 435 g/mol. The second-order valence-electron chi connectivity index (χ2n) is 9.44. The highest BCUT2D eigenvalue weighted by molar-refractivity contribution is 5.81. The van der Waals surface area contributed by atoms with Crippen molar-refractivity contribution >= 4 is 11.7 Å². The number of aromatic nitrogens is 3. The van der Waals surface area contributed by atoms with Gasteiger partial charge in [0.2, 0.25) is 5.91 Å². The summed E-state index contributed by atoms with van der Waals surface area (Å²) in [6.07, 6.45) is 3.67. The number of H-pyrrole nitrogens is 1. The zero-order valence-corrected chi connectivity index (χ0v) is 19.1. The minimum Gasteiger partial charge on any atom is -0.342 e. The topological polar surface area (TPSA) is 88.1 Å². The van der Waals surface area contributed by atoms with Crippen molar-refractivity contribution in [3.05, 3.63) is 70.2 Å². The van der Waals surface area contributed by atoms with E-state index in [-0.39, 0.29) is 29.2 Å². The number of nitrogens with one attached hydrogen (secondary N) is 1. The normalized spacial score (nSPS) is 17.8. The molecular formula is C26H27FN4O3. The van der Waals surface area contributed by atoms with Crippen LogP contribution in [0.25, 0.3) is 16.8 Å². The van der Waals surface area contributed by atoms with E-state index in [1.54, 1.807) is 19.1 Å². The second kappa shape index (κ2) is 9.00. The van der Waals surface area contributed by atoms with E-state index in [2.05, 4.69) is 10.2 Å². The molecule has 8 heteroatoms. The molecule has 1 amide bonds. The number of ketones is 1. The lowest BCUT2D eigenvalue weighted by molar-refractivity contribution is -0.131. The molecule has 2 aromatic carbocycles. The first-order chi connectivity index (χ1) is 16.4. The Labute approximate surface area is 196 Å². The van der Waals surface area contributed by atoms with Gasteiger partial charge in [-0.2, -0.15) is 5.10 Å². The lowest BCUT2D eigenvalue weighted by atomic mass is 10.0. The standard InChI is InChI=1S/C26H27FN4O3/c1-16(32)12-17-2-4-19(5-3-17)21-8-9-23(22(27)14-21)31-24(28-29-26(31)34)13-18-10-11-30(15-18)25(33)20-6-7-20/h2-5,8-9,14,18,20H,6-7,10-13,15H2,1H3,(H,29,34)/t18-/m0/s1. The molecule has 1 saturated heterocycles. The van der Waals surface area contributed by atoms with Crippen LogP contribution in [0.3, 0.4) is 0 Å². The molecule has 0 unspecified atom stereocenters. The van der Waals surface area contributed by atoms with Gasteiger partial charge in [-0.3, -0.25) is 9.59 Å². The number of hydrogen-bond acceptors (Lipinski definition) is 4. The van der Waals surface area contributed by atoms with E-state index in [0.717, 1.165) is 36.9 Å². The molecule has 1 aromatic heterocycles. The molecule has 3 aromatic rings. The fraction of sp³-hybridized carbons (Fsp3) is 0.385. The number of benzene rings is 2. The first-order valence-corrected chi connectivity index (χ1v) is 11.7. The van der Waals surface area contributed by atoms with Crippen LogP contribution in [0.5, 0.6) is 0 Å². The zero-order chi connectivity index (χ0) is 23.8. The summed E-state index contributed by atoms with van der Waals surface area (Å²) in [5.74, 6) is 0.651. The van der Waals surface area contributed by atoms with Gasteiger partial charge in [0.25, 0.3) is 0 Å². The molecule has 34 heavy (non-hydrogen) atoms. The number of hydrogen-bond donors (Lipinski definition) is 1. The molecule has 1 aliphatic carbocycles. The predicted molar refractivity (Wildman–Crippen MR) is 125 cm³/mol. The average Bonchev–Trinajstić information content (AvgIpc) is 3.46. The Morgan fingerprint density at radius 1 is 1.09 bits per heavy atom. The Hall–Kier alpha value is -3.55. The third kappa shape index (κ3) is 4.58. The van der Waals surface area contributed by atoms with Gasteiger partial charge in [0, 0.05) is 31.8 Å². The molecule has 176 valence electrons. The molecule has 1 atom stereocenters. The van der Waals surface area contributed by atoms with E-state index in [0.29, 0.717) is 30.8 Å². The minimum atomic E-state index is -0.521. The molecule has 0 bridgehead atoms. The lowest BCUT2D eigenvalue weighted by Crippen LogP contribution is -2.30. The number of aromatic amines is 1. The fourth-order valence-corrected chi connectivity index (χ4v) is 4.73. The maximum Gasteiger partial charge on any atom is 0.348 e. The third-order valence-electron chi connectivity index (χ3n) is 6.67. The summed E-state index contributed by atoms with van der Waals surface area (Å²) >= 11 is 0. The number of Topliss-reactive ketones (excluding diaryl/α,β-unsaturated/α-hetero) is 1. The number of rotatable bonds is 7. The van der Waals surface area contributed by atoms with Crippen molar-refractivity contribution < 1.29 is 14.0 Å². The van der Waals surface area contributed by atoms with Crippen molar-refractivity contribution in [2.45, 2.75) is 39.0 Å². The van der Waals surface area contributed by atoms with Gasteiger partial charge in [0.15, 0.2) is 0 Å². The summed E-state index contributed by atoms with van der Waals surface area (Å²) in [5, 5.41) is 6.61. The van der Waals surface area contributed by atoms with Crippen LogP contribution in [0.1, 0.15) is 37.6 Å². The maximum atomic E-state index is 15.2. The van der Waals surface area contributed by atoms with Crippen molar-refractivity contribution in [3.63, 3.8) is 0 Å². The van der Waals surface area contributed by atoms with E-state index < -0.39 is 11.5 Å². The van der Waals surface area contributed by atoms with Crippen molar-refractivity contribution in [2.24, 2.45) is 11.8 Å². The Bertz CT molecular complexity index is 1290. The number of carbonyl (C=O) groups is 2. The number of likely N-dealkylation sites (tertiary alicyclic amines) is 1. The molecule has 2 aliphatic rings. The average molecular weight is 463 g/mol. The summed E-state index contributed by atoms with van der Waals surface area (Å²) < 4.78 is 16.5. The van der Waals surface area contributed by atoms with Crippen molar-refractivity contribution in [3.8, 4) is 16.8 Å². The first-order valence-electron chi connectivity index (χ1n) is 11.7. The van der Waals surface area contributed by atoms with Gasteiger partial charge >= 0.3 is 5.69 Å². The summed E-state index contributed by atoms with van der Waals surface area (Å²) in [4.78, 5) is 38.1. The molecule has 1 saturated carbocycles. The van der Waals surface area contributed by atoms with Gasteiger partial charge < -0.3 is 4.90 Å². The van der Waals surface area contributed by atoms with Crippen molar-refractivity contribution in [1.82, 2.24) is 19.7 Å². The van der Waals surface area contributed by atoms with Crippen LogP contribution >= 0.6 is 0 Å². The van der Waals surface area contributed by atoms with Crippen LogP contribution in [0.2, 0.25) is 0 Å². The van der Waals surface area contributed by atoms with Crippen LogP contribution in [0.15, 0.2) is 47.3 Å². The van der Waals surface area contributed by atoms with Crippen LogP contribution in [0, 0.1) is 17.7 Å². The third-order valence-corrected chi connectivity index (χ3v) is 6.67. The Kier molecular flexibility index (Phi) is 5.89. The predicted octanol–water partition coefficient (Wildman–Crippen LogP) is 3.30. The largest absolute Gasteiger partial charge is 0.348 e. The zero-order valence-electron chi connectivity index (χ0n) is 19.1.